The Morgan fingerprint density at radius 2 is 2.00 bits per heavy atom. The molecule has 0 bridgehead atoms. The smallest absolute Gasteiger partial charge is 0.163 e. The van der Waals surface area contributed by atoms with E-state index in [0.29, 0.717) is 6.42 Å². The van der Waals surface area contributed by atoms with E-state index in [1.54, 1.807) is 11.8 Å². The third-order valence-electron chi connectivity index (χ3n) is 2.36. The van der Waals surface area contributed by atoms with Crippen molar-refractivity contribution in [1.82, 2.24) is 0 Å². The molecule has 0 saturated carbocycles. The van der Waals surface area contributed by atoms with Crippen LogP contribution in [0.2, 0.25) is 0 Å². The van der Waals surface area contributed by atoms with Gasteiger partial charge in [0.2, 0.25) is 0 Å². The topological polar surface area (TPSA) is 17.1 Å². The molecule has 0 aliphatic carbocycles. The van der Waals surface area contributed by atoms with E-state index in [1.807, 2.05) is 31.4 Å². The Balaban J connectivity index is 2.76. The quantitative estimate of drug-likeness (QED) is 0.707. The molecule has 0 radical (unpaired) electrons. The van der Waals surface area contributed by atoms with Crippen LogP contribution in [0.25, 0.3) is 0 Å². The zero-order valence-electron chi connectivity index (χ0n) is 8.96. The van der Waals surface area contributed by atoms with Crippen molar-refractivity contribution >= 4 is 17.5 Å². The minimum absolute atomic E-state index is 0.252. The van der Waals surface area contributed by atoms with Gasteiger partial charge in [-0.2, -0.15) is 11.8 Å². The van der Waals surface area contributed by atoms with Crippen molar-refractivity contribution in [3.05, 3.63) is 34.9 Å². The van der Waals surface area contributed by atoms with Gasteiger partial charge in [0.25, 0.3) is 0 Å². The zero-order chi connectivity index (χ0) is 10.6. The first kappa shape index (κ1) is 11.3. The third kappa shape index (κ3) is 2.88. The zero-order valence-corrected chi connectivity index (χ0v) is 9.78. The van der Waals surface area contributed by atoms with E-state index in [2.05, 4.69) is 6.92 Å². The fourth-order valence-corrected chi connectivity index (χ4v) is 1.64. The van der Waals surface area contributed by atoms with Crippen LogP contribution in [0.4, 0.5) is 0 Å². The van der Waals surface area contributed by atoms with Gasteiger partial charge in [-0.1, -0.05) is 12.1 Å². The van der Waals surface area contributed by atoms with Crippen LogP contribution in [0.15, 0.2) is 18.2 Å². The molecule has 14 heavy (non-hydrogen) atoms. The molecule has 0 atom stereocenters. The SMILES string of the molecule is CSCCC(=O)c1ccc(C)c(C)c1. The van der Waals surface area contributed by atoms with Gasteiger partial charge in [-0.3, -0.25) is 4.79 Å². The van der Waals surface area contributed by atoms with E-state index < -0.39 is 0 Å². The summed E-state index contributed by atoms with van der Waals surface area (Å²) in [6.07, 6.45) is 2.66. The molecule has 0 fully saturated rings. The van der Waals surface area contributed by atoms with Crippen LogP contribution < -0.4 is 0 Å². The number of rotatable bonds is 4. The molecule has 76 valence electrons. The highest BCUT2D eigenvalue weighted by Gasteiger charge is 2.05. The summed E-state index contributed by atoms with van der Waals surface area (Å²) in [6, 6.07) is 5.92. The fourth-order valence-electron chi connectivity index (χ4n) is 1.25. The van der Waals surface area contributed by atoms with Crippen LogP contribution in [-0.4, -0.2) is 17.8 Å². The lowest BCUT2D eigenvalue weighted by atomic mass is 10.0. The maximum absolute atomic E-state index is 11.7. The van der Waals surface area contributed by atoms with Gasteiger partial charge in [0, 0.05) is 17.7 Å². The lowest BCUT2D eigenvalue weighted by molar-refractivity contribution is 0.0989. The monoisotopic (exact) mass is 208 g/mol. The van der Waals surface area contributed by atoms with Crippen LogP contribution in [0.5, 0.6) is 0 Å². The third-order valence-corrected chi connectivity index (χ3v) is 2.97. The average molecular weight is 208 g/mol. The first-order valence-corrected chi connectivity index (χ1v) is 6.14. The summed E-state index contributed by atoms with van der Waals surface area (Å²) in [5, 5.41) is 0. The highest BCUT2D eigenvalue weighted by molar-refractivity contribution is 7.98. The van der Waals surface area contributed by atoms with Crippen LogP contribution in [-0.2, 0) is 0 Å². The van der Waals surface area contributed by atoms with Crippen molar-refractivity contribution < 1.29 is 4.79 Å². The Labute approximate surface area is 89.9 Å². The predicted octanol–water partition coefficient (Wildman–Crippen LogP) is 3.24. The predicted molar refractivity (Wildman–Crippen MR) is 63.2 cm³/mol. The van der Waals surface area contributed by atoms with E-state index in [-0.39, 0.29) is 5.78 Å². The molecule has 2 heteroatoms. The van der Waals surface area contributed by atoms with E-state index in [4.69, 9.17) is 0 Å². The number of hydrogen-bond acceptors (Lipinski definition) is 2. The van der Waals surface area contributed by atoms with Crippen molar-refractivity contribution in [2.75, 3.05) is 12.0 Å². The second kappa shape index (κ2) is 5.20. The van der Waals surface area contributed by atoms with Crippen molar-refractivity contribution in [1.29, 1.82) is 0 Å². The lowest BCUT2D eigenvalue weighted by Gasteiger charge is -2.03. The molecule has 0 N–H and O–H groups in total. The largest absolute Gasteiger partial charge is 0.294 e. The first-order valence-electron chi connectivity index (χ1n) is 4.74. The minimum atomic E-state index is 0.252. The van der Waals surface area contributed by atoms with E-state index in [1.165, 1.54) is 11.1 Å². The van der Waals surface area contributed by atoms with Gasteiger partial charge < -0.3 is 0 Å². The molecular weight excluding hydrogens is 192 g/mol. The molecule has 1 rings (SSSR count). The van der Waals surface area contributed by atoms with E-state index in [9.17, 15) is 4.79 Å². The molecule has 0 heterocycles. The second-order valence-corrected chi connectivity index (χ2v) is 4.45. The summed E-state index contributed by atoms with van der Waals surface area (Å²) in [6.45, 7) is 4.10. The Kier molecular flexibility index (Phi) is 4.21. The number of Topliss-reactive ketones (excluding diaryl/α,β-unsaturated/α-hetero) is 1. The summed E-state index contributed by atoms with van der Waals surface area (Å²) in [5.74, 6) is 1.16. The fraction of sp³-hybridized carbons (Fsp3) is 0.417. The molecule has 0 aromatic heterocycles. The van der Waals surface area contributed by atoms with Crippen LogP contribution in [0.1, 0.15) is 27.9 Å². The van der Waals surface area contributed by atoms with E-state index >= 15 is 0 Å². The molecule has 1 nitrogen and oxygen atoms in total. The maximum atomic E-state index is 11.7. The van der Waals surface area contributed by atoms with Gasteiger partial charge in [0.05, 0.1) is 0 Å². The number of ketones is 1. The van der Waals surface area contributed by atoms with E-state index in [0.717, 1.165) is 11.3 Å². The van der Waals surface area contributed by atoms with Crippen LogP contribution in [0.3, 0.4) is 0 Å². The maximum Gasteiger partial charge on any atom is 0.163 e. The van der Waals surface area contributed by atoms with Gasteiger partial charge in [-0.05, 0) is 37.3 Å². The second-order valence-electron chi connectivity index (χ2n) is 3.47. The first-order chi connectivity index (χ1) is 6.65. The number of benzene rings is 1. The molecule has 0 aliphatic rings. The minimum Gasteiger partial charge on any atom is -0.294 e. The van der Waals surface area contributed by atoms with Crippen molar-refractivity contribution in [3.8, 4) is 0 Å². The van der Waals surface area contributed by atoms with Crippen LogP contribution >= 0.6 is 11.8 Å². The molecule has 0 saturated heterocycles. The Morgan fingerprint density at radius 3 is 2.57 bits per heavy atom. The van der Waals surface area contributed by atoms with Gasteiger partial charge in [0.1, 0.15) is 0 Å². The molecule has 1 aromatic rings. The Bertz CT molecular complexity index is 331. The number of carbonyl (C=O) groups is 1. The molecule has 1 aromatic carbocycles. The summed E-state index contributed by atoms with van der Waals surface area (Å²) >= 11 is 1.71. The normalized spacial score (nSPS) is 10.2. The molecule has 0 amide bonds. The molecule has 0 aliphatic heterocycles. The Hall–Kier alpha value is -0.760. The van der Waals surface area contributed by atoms with Gasteiger partial charge in [-0.25, -0.2) is 0 Å². The lowest BCUT2D eigenvalue weighted by Crippen LogP contribution is -2.01. The number of aryl methyl sites for hydroxylation is 2. The number of hydrogen-bond donors (Lipinski definition) is 0. The summed E-state index contributed by atoms with van der Waals surface area (Å²) < 4.78 is 0. The highest BCUT2D eigenvalue weighted by atomic mass is 32.2. The van der Waals surface area contributed by atoms with Crippen molar-refractivity contribution in [3.63, 3.8) is 0 Å². The summed E-state index contributed by atoms with van der Waals surface area (Å²) in [4.78, 5) is 11.7. The van der Waals surface area contributed by atoms with Crippen LogP contribution in [0, 0.1) is 13.8 Å². The summed E-state index contributed by atoms with van der Waals surface area (Å²) in [5.41, 5.74) is 3.29. The highest BCUT2D eigenvalue weighted by Crippen LogP contribution is 2.12. The summed E-state index contributed by atoms with van der Waals surface area (Å²) in [7, 11) is 0. The van der Waals surface area contributed by atoms with Gasteiger partial charge >= 0.3 is 0 Å². The Morgan fingerprint density at radius 1 is 1.29 bits per heavy atom. The molecular formula is C12H16OS. The van der Waals surface area contributed by atoms with Crippen molar-refractivity contribution in [2.24, 2.45) is 0 Å². The molecule has 0 unspecified atom stereocenters. The van der Waals surface area contributed by atoms with Gasteiger partial charge in [-0.15, -0.1) is 0 Å². The standard InChI is InChI=1S/C12H16OS/c1-9-4-5-11(8-10(9)2)12(13)6-7-14-3/h4-5,8H,6-7H2,1-3H3. The molecule has 0 spiro atoms. The van der Waals surface area contributed by atoms with Crippen molar-refractivity contribution in [2.45, 2.75) is 20.3 Å². The van der Waals surface area contributed by atoms with Gasteiger partial charge in [0.15, 0.2) is 5.78 Å². The number of thioether (sulfide) groups is 1. The average Bonchev–Trinajstić information content (AvgIpc) is 2.18. The number of carbonyl (C=O) groups excluding carboxylic acids is 1.